The van der Waals surface area contributed by atoms with Gasteiger partial charge in [-0.2, -0.15) is 4.98 Å². The molecule has 0 radical (unpaired) electrons. The van der Waals surface area contributed by atoms with Crippen molar-refractivity contribution < 1.29 is 13.9 Å². The number of methoxy groups -OCH3 is 1. The highest BCUT2D eigenvalue weighted by Gasteiger charge is 2.50. The van der Waals surface area contributed by atoms with Gasteiger partial charge in [-0.15, -0.1) is 0 Å². The van der Waals surface area contributed by atoms with Gasteiger partial charge in [-0.3, -0.25) is 0 Å². The number of nitrogens with zero attached hydrogens (tertiary/aromatic N) is 5. The van der Waals surface area contributed by atoms with Gasteiger partial charge in [-0.1, -0.05) is 81.4 Å². The van der Waals surface area contributed by atoms with Crippen LogP contribution in [0.3, 0.4) is 0 Å². The van der Waals surface area contributed by atoms with E-state index < -0.39 is 8.32 Å². The number of hydrogen-bond donors (Lipinski definition) is 2. The highest BCUT2D eigenvalue weighted by Crippen LogP contribution is 2.38. The summed E-state index contributed by atoms with van der Waals surface area (Å²) in [7, 11) is 5.14. The van der Waals surface area contributed by atoms with Crippen LogP contribution >= 0.6 is 0 Å². The van der Waals surface area contributed by atoms with Crippen LogP contribution in [-0.4, -0.2) is 82.3 Å². The third-order valence-electron chi connectivity index (χ3n) is 9.53. The number of nitrogen functional groups attached to an aromatic ring is 1. The van der Waals surface area contributed by atoms with Gasteiger partial charge >= 0.3 is 0 Å². The van der Waals surface area contributed by atoms with Crippen LogP contribution in [-0.2, 0) is 4.43 Å². The lowest BCUT2D eigenvalue weighted by atomic mass is 10.2. The van der Waals surface area contributed by atoms with Crippen molar-refractivity contribution in [1.82, 2.24) is 19.4 Å². The molecule has 276 valence electrons. The van der Waals surface area contributed by atoms with Gasteiger partial charge in [0.2, 0.25) is 5.95 Å². The molecule has 0 unspecified atom stereocenters. The van der Waals surface area contributed by atoms with Crippen molar-refractivity contribution >= 4 is 52.6 Å². The van der Waals surface area contributed by atoms with Gasteiger partial charge in [0.25, 0.3) is 8.32 Å². The predicted octanol–water partition coefficient (Wildman–Crippen LogP) is 6.71. The average molecular weight is 730 g/mol. The Balaban J connectivity index is 1.16. The first-order valence-corrected chi connectivity index (χ1v) is 19.8. The Bertz CT molecular complexity index is 2080. The van der Waals surface area contributed by atoms with Crippen LogP contribution < -0.4 is 35.8 Å². The third kappa shape index (κ3) is 8.17. The second-order valence-electron chi connectivity index (χ2n) is 14.5. The summed E-state index contributed by atoms with van der Waals surface area (Å²) in [5.41, 5.74) is 9.72. The molecule has 0 aliphatic heterocycles. The number of nitrogens with two attached hydrogens (primary N) is 1. The summed E-state index contributed by atoms with van der Waals surface area (Å²) in [5.74, 6) is 2.58. The van der Waals surface area contributed by atoms with Crippen LogP contribution in [0, 0.1) is 0 Å². The molecule has 0 fully saturated rings. The van der Waals surface area contributed by atoms with Crippen LogP contribution in [0.1, 0.15) is 20.8 Å². The lowest BCUT2D eigenvalue weighted by molar-refractivity contribution is 0.208. The summed E-state index contributed by atoms with van der Waals surface area (Å²) in [6, 6.07) is 35.2. The molecule has 0 aliphatic rings. The molecule has 0 saturated carbocycles. The van der Waals surface area contributed by atoms with E-state index in [0.717, 1.165) is 41.2 Å². The number of aromatic nitrogens is 3. The Kier molecular flexibility index (Phi) is 11.4. The second kappa shape index (κ2) is 16.1. The summed E-state index contributed by atoms with van der Waals surface area (Å²) < 4.78 is 21.1. The van der Waals surface area contributed by atoms with Crippen molar-refractivity contribution in [2.45, 2.75) is 25.8 Å². The topological polar surface area (TPSA) is 103 Å². The average Bonchev–Trinajstić information content (AvgIpc) is 3.58. The fraction of sp³-hybridized carbons (Fsp3) is 0.286. The lowest BCUT2D eigenvalue weighted by Crippen LogP contribution is -2.66. The van der Waals surface area contributed by atoms with Crippen molar-refractivity contribution in [3.63, 3.8) is 0 Å². The molecule has 0 atom stereocenters. The van der Waals surface area contributed by atoms with Crippen molar-refractivity contribution in [3.05, 3.63) is 116 Å². The number of hydrogen-bond acceptors (Lipinski definition) is 9. The third-order valence-corrected chi connectivity index (χ3v) is 14.6. The van der Waals surface area contributed by atoms with E-state index in [9.17, 15) is 0 Å². The van der Waals surface area contributed by atoms with Crippen LogP contribution in [0.4, 0.5) is 23.0 Å². The molecule has 10 nitrogen and oxygen atoms in total. The Morgan fingerprint density at radius 1 is 0.830 bits per heavy atom. The lowest BCUT2D eigenvalue weighted by Gasteiger charge is -2.43. The van der Waals surface area contributed by atoms with Crippen molar-refractivity contribution in [1.29, 1.82) is 0 Å². The number of fused-ring (bicyclic) bond motifs is 1. The molecule has 11 heteroatoms. The van der Waals surface area contributed by atoms with Crippen LogP contribution in [0.2, 0.25) is 5.04 Å². The molecule has 2 heterocycles. The van der Waals surface area contributed by atoms with E-state index in [-0.39, 0.29) is 5.04 Å². The molecule has 2 aromatic heterocycles. The molecule has 0 bridgehead atoms. The fourth-order valence-electron chi connectivity index (χ4n) is 6.84. The molecule has 6 aromatic rings. The maximum absolute atomic E-state index is 7.02. The van der Waals surface area contributed by atoms with Crippen molar-refractivity contribution in [3.8, 4) is 17.3 Å². The number of nitrogens with one attached hydrogen (secondary N) is 1. The molecule has 0 aliphatic carbocycles. The van der Waals surface area contributed by atoms with E-state index in [4.69, 9.17) is 24.6 Å². The molecule has 3 N–H and O–H groups in total. The van der Waals surface area contributed by atoms with Crippen LogP contribution in [0.25, 0.3) is 16.7 Å². The Labute approximate surface area is 314 Å². The zero-order chi connectivity index (χ0) is 37.6. The maximum atomic E-state index is 7.02. The zero-order valence-electron chi connectivity index (χ0n) is 31.8. The van der Waals surface area contributed by atoms with Gasteiger partial charge in [-0.05, 0) is 65.9 Å². The largest absolute Gasteiger partial charge is 0.494 e. The second-order valence-corrected chi connectivity index (χ2v) is 18.8. The maximum Gasteiger partial charge on any atom is 0.261 e. The number of ether oxygens (including phenoxy) is 2. The molecule has 0 spiro atoms. The van der Waals surface area contributed by atoms with E-state index in [0.29, 0.717) is 36.3 Å². The van der Waals surface area contributed by atoms with Gasteiger partial charge in [-0.25, -0.2) is 4.98 Å². The monoisotopic (exact) mass is 729 g/mol. The summed E-state index contributed by atoms with van der Waals surface area (Å²) in [6.07, 6.45) is 3.74. The SMILES string of the molecule is COc1cc(N(C)CCN(C)C)c(N)cc1Nc1nccc(-n2ccc3cc(OCCO[Si](c4ccccc4)(c4ccccc4)C(C)(C)C)ccc32)n1. The van der Waals surface area contributed by atoms with E-state index in [1.807, 2.05) is 42.1 Å². The highest BCUT2D eigenvalue weighted by atomic mass is 28.4. The first-order chi connectivity index (χ1) is 25.5. The quantitative estimate of drug-likeness (QED) is 0.0679. The van der Waals surface area contributed by atoms with Crippen LogP contribution in [0.15, 0.2) is 116 Å². The first kappa shape index (κ1) is 37.4. The Morgan fingerprint density at radius 3 is 2.17 bits per heavy atom. The van der Waals surface area contributed by atoms with E-state index in [2.05, 4.69) is 134 Å². The van der Waals surface area contributed by atoms with E-state index in [1.165, 1.54) is 10.4 Å². The minimum absolute atomic E-state index is 0.0966. The molecule has 0 saturated heterocycles. The fourth-order valence-corrected chi connectivity index (χ4v) is 11.4. The van der Waals surface area contributed by atoms with Gasteiger partial charge in [0, 0.05) is 44.0 Å². The van der Waals surface area contributed by atoms with Gasteiger partial charge in [0.15, 0.2) is 0 Å². The van der Waals surface area contributed by atoms with Crippen LogP contribution in [0.5, 0.6) is 11.5 Å². The molecular weight excluding hydrogens is 679 g/mol. The summed E-state index contributed by atoms with van der Waals surface area (Å²) in [4.78, 5) is 13.6. The zero-order valence-corrected chi connectivity index (χ0v) is 32.8. The summed E-state index contributed by atoms with van der Waals surface area (Å²) in [5, 5.41) is 6.76. The van der Waals surface area contributed by atoms with E-state index in [1.54, 1.807) is 13.3 Å². The molecule has 53 heavy (non-hydrogen) atoms. The molecule has 6 rings (SSSR count). The van der Waals surface area contributed by atoms with Gasteiger partial charge in [0.05, 0.1) is 36.3 Å². The molecule has 4 aromatic carbocycles. The van der Waals surface area contributed by atoms with Crippen molar-refractivity contribution in [2.24, 2.45) is 0 Å². The van der Waals surface area contributed by atoms with Gasteiger partial charge < -0.3 is 39.3 Å². The predicted molar refractivity (Wildman–Crippen MR) is 220 cm³/mol. The minimum atomic E-state index is -2.63. The van der Waals surface area contributed by atoms with Gasteiger partial charge in [0.1, 0.15) is 23.9 Å². The smallest absolute Gasteiger partial charge is 0.261 e. The summed E-state index contributed by atoms with van der Waals surface area (Å²) in [6.45, 7) is 9.48. The number of anilines is 4. The normalized spacial score (nSPS) is 11.9. The summed E-state index contributed by atoms with van der Waals surface area (Å²) >= 11 is 0. The molecular formula is C42H51N7O3Si. The van der Waals surface area contributed by atoms with Crippen molar-refractivity contribution in [2.75, 3.05) is 70.5 Å². The number of rotatable bonds is 15. The number of likely N-dealkylation sites (N-methyl/N-ethyl adjacent to an activating group) is 2. The highest BCUT2D eigenvalue weighted by molar-refractivity contribution is 6.99. The Morgan fingerprint density at radius 2 is 1.53 bits per heavy atom. The minimum Gasteiger partial charge on any atom is -0.494 e. The number of benzene rings is 4. The molecule has 0 amide bonds. The van der Waals surface area contributed by atoms with E-state index >= 15 is 0 Å². The Hall–Kier alpha value is -5.36. The standard InChI is InChI=1S/C42H51N7O3Si/c1-42(2,3)53(33-14-10-8-11-15-33,34-16-12-9-13-17-34)52-27-26-51-32-18-19-37-31(28-32)21-23-49(37)40-20-22-44-41(46-40)45-36-29-35(43)38(30-39(36)50-7)48(6)25-24-47(4)5/h8-23,28-30H,24-27,43H2,1-7H3,(H,44,45,46). The first-order valence-electron chi connectivity index (χ1n) is 17.9.